The largest absolute Gasteiger partial charge is 0.480 e. The van der Waals surface area contributed by atoms with Crippen LogP contribution in [0.15, 0.2) is 53.0 Å². The molecule has 22 heavy (non-hydrogen) atoms. The molecule has 1 amide bonds. The van der Waals surface area contributed by atoms with Gasteiger partial charge in [0.25, 0.3) is 5.91 Å². The average molecular weight is 366 g/mol. The topological polar surface area (TPSA) is 66.4 Å². The Morgan fingerprint density at radius 3 is 2.41 bits per heavy atom. The summed E-state index contributed by atoms with van der Waals surface area (Å²) in [6.45, 7) is 0. The van der Waals surface area contributed by atoms with Gasteiger partial charge in [-0.05, 0) is 23.8 Å². The molecule has 0 unspecified atom stereocenters. The first-order valence-electron chi connectivity index (χ1n) is 6.50. The van der Waals surface area contributed by atoms with E-state index in [1.807, 2.05) is 0 Å². The monoisotopic (exact) mass is 365 g/mol. The predicted molar refractivity (Wildman–Crippen MR) is 83.1 cm³/mol. The number of carbonyl (C=O) groups is 2. The van der Waals surface area contributed by atoms with E-state index in [4.69, 9.17) is 0 Å². The number of nitrogens with one attached hydrogen (secondary N) is 1. The van der Waals surface area contributed by atoms with Crippen LogP contribution < -0.4 is 5.32 Å². The third-order valence-electron chi connectivity index (χ3n) is 3.10. The first-order valence-corrected chi connectivity index (χ1v) is 7.30. The van der Waals surface area contributed by atoms with Crippen molar-refractivity contribution in [3.05, 3.63) is 69.9 Å². The van der Waals surface area contributed by atoms with Crippen molar-refractivity contribution in [2.24, 2.45) is 0 Å². The van der Waals surface area contributed by atoms with Crippen LogP contribution in [0.4, 0.5) is 4.39 Å². The molecule has 1 atom stereocenters. The Labute approximate surface area is 135 Å². The molecule has 0 bridgehead atoms. The van der Waals surface area contributed by atoms with Crippen molar-refractivity contribution >= 4 is 27.8 Å². The van der Waals surface area contributed by atoms with Crippen LogP contribution in [-0.4, -0.2) is 23.0 Å². The number of carboxylic acids is 1. The number of hydrogen-bond donors (Lipinski definition) is 2. The summed E-state index contributed by atoms with van der Waals surface area (Å²) in [4.78, 5) is 23.4. The van der Waals surface area contributed by atoms with Gasteiger partial charge in [-0.3, -0.25) is 4.79 Å². The number of benzene rings is 2. The summed E-state index contributed by atoms with van der Waals surface area (Å²) in [5.74, 6) is -2.62. The molecule has 2 aromatic carbocycles. The van der Waals surface area contributed by atoms with Gasteiger partial charge in [-0.2, -0.15) is 0 Å². The van der Waals surface area contributed by atoms with E-state index in [-0.39, 0.29) is 12.0 Å². The number of halogens is 2. The number of carboxylic acid groups (broad SMARTS) is 1. The zero-order chi connectivity index (χ0) is 16.1. The van der Waals surface area contributed by atoms with Gasteiger partial charge in [0, 0.05) is 10.9 Å². The van der Waals surface area contributed by atoms with E-state index in [1.54, 1.807) is 24.3 Å². The van der Waals surface area contributed by atoms with E-state index in [0.717, 1.165) is 16.1 Å². The Morgan fingerprint density at radius 1 is 1.14 bits per heavy atom. The normalized spacial score (nSPS) is 11.7. The molecule has 4 nitrogen and oxygen atoms in total. The molecule has 114 valence electrons. The molecule has 2 aromatic rings. The van der Waals surface area contributed by atoms with Crippen molar-refractivity contribution in [3.63, 3.8) is 0 Å². The minimum atomic E-state index is -1.18. The molecule has 0 saturated heterocycles. The molecule has 0 heterocycles. The summed E-state index contributed by atoms with van der Waals surface area (Å²) in [6, 6.07) is 11.4. The molecular weight excluding hydrogens is 353 g/mol. The van der Waals surface area contributed by atoms with Gasteiger partial charge in [0.1, 0.15) is 11.9 Å². The lowest BCUT2D eigenvalue weighted by molar-refractivity contribution is -0.139. The maximum Gasteiger partial charge on any atom is 0.326 e. The Kier molecular flexibility index (Phi) is 5.27. The molecule has 0 aliphatic rings. The number of rotatable bonds is 5. The number of amides is 1. The summed E-state index contributed by atoms with van der Waals surface area (Å²) in [5.41, 5.74) is 0.560. The molecule has 6 heteroatoms. The van der Waals surface area contributed by atoms with Crippen LogP contribution >= 0.6 is 15.9 Å². The van der Waals surface area contributed by atoms with Crippen LogP contribution in [0.1, 0.15) is 15.9 Å². The van der Waals surface area contributed by atoms with Crippen molar-refractivity contribution in [2.45, 2.75) is 12.5 Å². The highest BCUT2D eigenvalue weighted by Crippen LogP contribution is 2.18. The molecule has 2 rings (SSSR count). The van der Waals surface area contributed by atoms with Crippen molar-refractivity contribution in [3.8, 4) is 0 Å². The van der Waals surface area contributed by atoms with Crippen molar-refractivity contribution < 1.29 is 19.1 Å². The van der Waals surface area contributed by atoms with Gasteiger partial charge in [-0.25, -0.2) is 9.18 Å². The first kappa shape index (κ1) is 16.2. The molecular formula is C16H13BrFNO3. The zero-order valence-corrected chi connectivity index (χ0v) is 13.0. The highest BCUT2D eigenvalue weighted by Gasteiger charge is 2.23. The maximum absolute atomic E-state index is 13.6. The quantitative estimate of drug-likeness (QED) is 0.855. The SMILES string of the molecule is O=C(N[C@H](Cc1ccccc1Br)C(=O)O)c1ccccc1F. The molecule has 0 radical (unpaired) electrons. The standard InChI is InChI=1S/C16H13BrFNO3/c17-12-7-3-1-5-10(12)9-14(16(21)22)19-15(20)11-6-2-4-8-13(11)18/h1-8,14H,9H2,(H,19,20)(H,21,22)/t14-/m1/s1. The van der Waals surface area contributed by atoms with E-state index in [9.17, 15) is 19.1 Å². The summed E-state index contributed by atoms with van der Waals surface area (Å²) in [7, 11) is 0. The van der Waals surface area contributed by atoms with Crippen LogP contribution in [0.3, 0.4) is 0 Å². The zero-order valence-electron chi connectivity index (χ0n) is 11.4. The van der Waals surface area contributed by atoms with Crippen molar-refractivity contribution in [1.29, 1.82) is 0 Å². The second-order valence-corrected chi connectivity index (χ2v) is 5.49. The Morgan fingerprint density at radius 2 is 1.77 bits per heavy atom. The van der Waals surface area contributed by atoms with Gasteiger partial charge in [-0.1, -0.05) is 46.3 Å². The second kappa shape index (κ2) is 7.17. The summed E-state index contributed by atoms with van der Waals surface area (Å²) < 4.78 is 14.3. The lowest BCUT2D eigenvalue weighted by Gasteiger charge is -2.15. The van der Waals surface area contributed by atoms with E-state index in [2.05, 4.69) is 21.2 Å². The van der Waals surface area contributed by atoms with Crippen LogP contribution in [0.2, 0.25) is 0 Å². The van der Waals surface area contributed by atoms with Crippen LogP contribution in [-0.2, 0) is 11.2 Å². The van der Waals surface area contributed by atoms with Crippen LogP contribution in [0.5, 0.6) is 0 Å². The second-order valence-electron chi connectivity index (χ2n) is 4.64. The minimum Gasteiger partial charge on any atom is -0.480 e. The number of aliphatic carboxylic acids is 1. The first-order chi connectivity index (χ1) is 10.5. The van der Waals surface area contributed by atoms with Gasteiger partial charge >= 0.3 is 5.97 Å². The summed E-state index contributed by atoms with van der Waals surface area (Å²) >= 11 is 3.33. The van der Waals surface area contributed by atoms with E-state index >= 15 is 0 Å². The lowest BCUT2D eigenvalue weighted by Crippen LogP contribution is -2.42. The fourth-order valence-electron chi connectivity index (χ4n) is 1.97. The van der Waals surface area contributed by atoms with Gasteiger partial charge in [-0.15, -0.1) is 0 Å². The van der Waals surface area contributed by atoms with Gasteiger partial charge < -0.3 is 10.4 Å². The summed E-state index contributed by atoms with van der Waals surface area (Å²) in [6.07, 6.45) is 0.0942. The van der Waals surface area contributed by atoms with Crippen molar-refractivity contribution in [2.75, 3.05) is 0 Å². The molecule has 0 spiro atoms. The highest BCUT2D eigenvalue weighted by atomic mass is 79.9. The number of hydrogen-bond acceptors (Lipinski definition) is 2. The van der Waals surface area contributed by atoms with Gasteiger partial charge in [0.05, 0.1) is 5.56 Å². The van der Waals surface area contributed by atoms with Crippen LogP contribution in [0.25, 0.3) is 0 Å². The molecule has 0 saturated carbocycles. The summed E-state index contributed by atoms with van der Waals surface area (Å²) in [5, 5.41) is 11.6. The molecule has 0 aliphatic heterocycles. The fraction of sp³-hybridized carbons (Fsp3) is 0.125. The molecule has 0 aromatic heterocycles. The maximum atomic E-state index is 13.6. The number of carbonyl (C=O) groups excluding carboxylic acids is 1. The Hall–Kier alpha value is -2.21. The molecule has 0 fully saturated rings. The molecule has 2 N–H and O–H groups in total. The third-order valence-corrected chi connectivity index (χ3v) is 3.88. The van der Waals surface area contributed by atoms with Crippen LogP contribution in [0, 0.1) is 5.82 Å². The van der Waals surface area contributed by atoms with Crippen molar-refractivity contribution in [1.82, 2.24) is 5.32 Å². The third kappa shape index (κ3) is 3.92. The predicted octanol–water partition coefficient (Wildman–Crippen LogP) is 3.01. The average Bonchev–Trinajstić information content (AvgIpc) is 2.49. The molecule has 0 aliphatic carbocycles. The van der Waals surface area contributed by atoms with Gasteiger partial charge in [0.15, 0.2) is 0 Å². The Bertz CT molecular complexity index is 705. The lowest BCUT2D eigenvalue weighted by atomic mass is 10.1. The van der Waals surface area contributed by atoms with E-state index in [1.165, 1.54) is 18.2 Å². The van der Waals surface area contributed by atoms with Gasteiger partial charge in [0.2, 0.25) is 0 Å². The fourth-order valence-corrected chi connectivity index (χ4v) is 2.41. The smallest absolute Gasteiger partial charge is 0.326 e. The van der Waals surface area contributed by atoms with E-state index in [0.29, 0.717) is 0 Å². The van der Waals surface area contributed by atoms with E-state index < -0.39 is 23.7 Å². The highest BCUT2D eigenvalue weighted by molar-refractivity contribution is 9.10. The Balaban J connectivity index is 2.16. The minimum absolute atomic E-state index is 0.0942.